The van der Waals surface area contributed by atoms with Crippen LogP contribution in [0, 0.1) is 5.82 Å². The van der Waals surface area contributed by atoms with Crippen molar-refractivity contribution in [3.63, 3.8) is 0 Å². The fourth-order valence-corrected chi connectivity index (χ4v) is 4.44. The minimum absolute atomic E-state index is 0.0525. The molecule has 4 rings (SSSR count). The number of hydrogen-bond acceptors (Lipinski definition) is 3. The predicted octanol–water partition coefficient (Wildman–Crippen LogP) is 5.29. The van der Waals surface area contributed by atoms with E-state index in [0.29, 0.717) is 28.3 Å². The maximum absolute atomic E-state index is 13.2. The van der Waals surface area contributed by atoms with E-state index in [4.69, 9.17) is 0 Å². The number of pyridine rings is 1. The quantitative estimate of drug-likeness (QED) is 0.331. The van der Waals surface area contributed by atoms with E-state index in [1.165, 1.54) is 23.9 Å². The van der Waals surface area contributed by atoms with E-state index >= 15 is 0 Å². The molecule has 1 aromatic heterocycles. The maximum Gasteiger partial charge on any atom is 0.252 e. The van der Waals surface area contributed by atoms with Gasteiger partial charge in [-0.05, 0) is 68.5 Å². The van der Waals surface area contributed by atoms with Gasteiger partial charge < -0.3 is 10.3 Å². The fourth-order valence-electron chi connectivity index (χ4n) is 3.83. The van der Waals surface area contributed by atoms with E-state index in [-0.39, 0.29) is 17.2 Å². The van der Waals surface area contributed by atoms with Crippen LogP contribution < -0.4 is 10.7 Å². The maximum atomic E-state index is 13.2. The second-order valence-corrected chi connectivity index (χ2v) is 9.09. The van der Waals surface area contributed by atoms with Crippen molar-refractivity contribution in [1.82, 2.24) is 10.3 Å². The summed E-state index contributed by atoms with van der Waals surface area (Å²) in [5.41, 5.74) is 2.21. The fraction of sp³-hybridized carbons (Fsp3) is 0.200. The second-order valence-electron chi connectivity index (χ2n) is 8.24. The zero-order chi connectivity index (χ0) is 22.2. The molecule has 1 amide bonds. The molecule has 0 saturated carbocycles. The number of halogens is 1. The number of para-hydroxylation sites is 1. The lowest BCUT2D eigenvalue weighted by molar-refractivity contribution is 0.0910. The molecule has 31 heavy (non-hydrogen) atoms. The summed E-state index contributed by atoms with van der Waals surface area (Å²) < 4.78 is 13.2. The van der Waals surface area contributed by atoms with E-state index in [0.717, 1.165) is 16.0 Å². The highest BCUT2D eigenvalue weighted by molar-refractivity contribution is 7.98. The number of nitrogens with one attached hydrogen (secondary N) is 2. The van der Waals surface area contributed by atoms with Gasteiger partial charge in [-0.3, -0.25) is 9.59 Å². The first-order valence-corrected chi connectivity index (χ1v) is 11.2. The number of carbonyl (C=O) groups excluding carboxylic acids is 1. The molecule has 0 radical (unpaired) electrons. The summed E-state index contributed by atoms with van der Waals surface area (Å²) in [5.74, 6) is -0.500. The highest BCUT2D eigenvalue weighted by Crippen LogP contribution is 2.27. The Morgan fingerprint density at radius 2 is 1.74 bits per heavy atom. The van der Waals surface area contributed by atoms with Crippen LogP contribution in [0.3, 0.4) is 0 Å². The third-order valence-electron chi connectivity index (χ3n) is 5.28. The summed E-state index contributed by atoms with van der Waals surface area (Å²) in [6.07, 6.45) is 2.44. The second kappa shape index (κ2) is 8.19. The van der Waals surface area contributed by atoms with Gasteiger partial charge in [-0.15, -0.1) is 11.8 Å². The molecule has 0 fully saturated rings. The predicted molar refractivity (Wildman–Crippen MR) is 126 cm³/mol. The Morgan fingerprint density at radius 1 is 1.03 bits per heavy atom. The van der Waals surface area contributed by atoms with Gasteiger partial charge in [0.1, 0.15) is 5.82 Å². The summed E-state index contributed by atoms with van der Waals surface area (Å²) in [6, 6.07) is 17.2. The van der Waals surface area contributed by atoms with Crippen LogP contribution in [0.4, 0.5) is 4.39 Å². The lowest BCUT2D eigenvalue weighted by atomic mass is 9.94. The monoisotopic (exact) mass is 434 g/mol. The number of fused-ring (bicyclic) bond motifs is 2. The number of thioether (sulfide) groups is 1. The molecule has 6 heteroatoms. The van der Waals surface area contributed by atoms with Crippen LogP contribution >= 0.6 is 11.8 Å². The SMILES string of the molecule is CSc1cc2c(=O)c3ccccc3[nH]c2cc1C(=O)NC(C)(C)Cc1ccc(F)cc1. The van der Waals surface area contributed by atoms with Gasteiger partial charge in [-0.2, -0.15) is 0 Å². The van der Waals surface area contributed by atoms with Gasteiger partial charge in [0.05, 0.1) is 11.1 Å². The summed E-state index contributed by atoms with van der Waals surface area (Å²) >= 11 is 1.43. The summed E-state index contributed by atoms with van der Waals surface area (Å²) in [6.45, 7) is 3.87. The molecule has 2 N–H and O–H groups in total. The molecule has 0 aliphatic carbocycles. The number of rotatable bonds is 5. The van der Waals surface area contributed by atoms with E-state index < -0.39 is 5.54 Å². The van der Waals surface area contributed by atoms with Crippen LogP contribution in [0.1, 0.15) is 29.8 Å². The average molecular weight is 435 g/mol. The van der Waals surface area contributed by atoms with Gasteiger partial charge >= 0.3 is 0 Å². The number of aromatic amines is 1. The molecule has 4 aromatic rings. The first-order valence-electron chi connectivity index (χ1n) is 9.97. The number of carbonyl (C=O) groups is 1. The van der Waals surface area contributed by atoms with Crippen molar-refractivity contribution in [2.24, 2.45) is 0 Å². The van der Waals surface area contributed by atoms with E-state index in [1.54, 1.807) is 30.3 Å². The Hall–Kier alpha value is -3.12. The van der Waals surface area contributed by atoms with Crippen LogP contribution in [0.5, 0.6) is 0 Å². The summed E-state index contributed by atoms with van der Waals surface area (Å²) in [7, 11) is 0. The third-order valence-corrected chi connectivity index (χ3v) is 6.06. The van der Waals surface area contributed by atoms with Crippen LogP contribution in [0.15, 0.2) is 70.4 Å². The number of H-pyrrole nitrogens is 1. The van der Waals surface area contributed by atoms with Gasteiger partial charge in [-0.25, -0.2) is 4.39 Å². The van der Waals surface area contributed by atoms with Crippen molar-refractivity contribution >= 4 is 39.5 Å². The standard InChI is InChI=1S/C25H23FN2O2S/c1-25(2,14-15-8-10-16(26)11-9-15)28-24(30)19-12-21-18(13-22(19)31-3)23(29)17-6-4-5-7-20(17)27-21/h4-13H,14H2,1-3H3,(H,27,29)(H,28,30). The highest BCUT2D eigenvalue weighted by atomic mass is 32.2. The molecular weight excluding hydrogens is 411 g/mol. The van der Waals surface area contributed by atoms with Crippen LogP contribution in [0.2, 0.25) is 0 Å². The lowest BCUT2D eigenvalue weighted by Gasteiger charge is -2.27. The first kappa shape index (κ1) is 21.1. The zero-order valence-electron chi connectivity index (χ0n) is 17.6. The summed E-state index contributed by atoms with van der Waals surface area (Å²) in [5, 5.41) is 4.27. The molecule has 0 bridgehead atoms. The Balaban J connectivity index is 1.70. The molecule has 158 valence electrons. The number of amides is 1. The smallest absolute Gasteiger partial charge is 0.252 e. The van der Waals surface area contributed by atoms with Crippen molar-refractivity contribution < 1.29 is 9.18 Å². The Morgan fingerprint density at radius 3 is 2.45 bits per heavy atom. The van der Waals surface area contributed by atoms with E-state index in [2.05, 4.69) is 10.3 Å². The molecular formula is C25H23FN2O2S. The van der Waals surface area contributed by atoms with Crippen LogP contribution in [0.25, 0.3) is 21.8 Å². The molecule has 0 unspecified atom stereocenters. The van der Waals surface area contributed by atoms with Crippen LogP contribution in [-0.4, -0.2) is 22.7 Å². The topological polar surface area (TPSA) is 62.0 Å². The van der Waals surface area contributed by atoms with Gasteiger partial charge in [0, 0.05) is 26.7 Å². The highest BCUT2D eigenvalue weighted by Gasteiger charge is 2.24. The third kappa shape index (κ3) is 4.35. The number of hydrogen-bond donors (Lipinski definition) is 2. The normalized spacial score (nSPS) is 11.7. The molecule has 0 atom stereocenters. The minimum atomic E-state index is -0.545. The Kier molecular flexibility index (Phi) is 5.58. The van der Waals surface area contributed by atoms with Gasteiger partial charge in [0.15, 0.2) is 5.43 Å². The number of benzene rings is 3. The molecule has 0 saturated heterocycles. The van der Waals surface area contributed by atoms with Crippen molar-refractivity contribution in [1.29, 1.82) is 0 Å². The molecule has 4 nitrogen and oxygen atoms in total. The molecule has 0 aliphatic heterocycles. The van der Waals surface area contributed by atoms with Crippen molar-refractivity contribution in [2.45, 2.75) is 30.7 Å². The van der Waals surface area contributed by atoms with Crippen LogP contribution in [-0.2, 0) is 6.42 Å². The molecule has 1 heterocycles. The van der Waals surface area contributed by atoms with Gasteiger partial charge in [0.2, 0.25) is 0 Å². The zero-order valence-corrected chi connectivity index (χ0v) is 18.4. The molecule has 3 aromatic carbocycles. The first-order chi connectivity index (χ1) is 14.8. The van der Waals surface area contributed by atoms with E-state index in [1.807, 2.05) is 38.3 Å². The number of aromatic nitrogens is 1. The van der Waals surface area contributed by atoms with Gasteiger partial charge in [-0.1, -0.05) is 24.3 Å². The Labute approximate surface area is 183 Å². The van der Waals surface area contributed by atoms with Crippen molar-refractivity contribution in [3.8, 4) is 0 Å². The van der Waals surface area contributed by atoms with Crippen molar-refractivity contribution in [2.75, 3.05) is 6.26 Å². The van der Waals surface area contributed by atoms with Gasteiger partial charge in [0.25, 0.3) is 5.91 Å². The average Bonchev–Trinajstić information content (AvgIpc) is 2.74. The van der Waals surface area contributed by atoms with E-state index in [9.17, 15) is 14.0 Å². The molecule has 0 aliphatic rings. The lowest BCUT2D eigenvalue weighted by Crippen LogP contribution is -2.45. The van der Waals surface area contributed by atoms with Crippen molar-refractivity contribution in [3.05, 3.63) is 87.8 Å². The Bertz CT molecular complexity index is 1340. The summed E-state index contributed by atoms with van der Waals surface area (Å²) in [4.78, 5) is 30.2. The molecule has 0 spiro atoms. The largest absolute Gasteiger partial charge is 0.354 e. The minimum Gasteiger partial charge on any atom is -0.354 e.